The molecule has 0 aliphatic rings. The summed E-state index contributed by atoms with van der Waals surface area (Å²) in [4.78, 5) is 38.6. The molecule has 2 rings (SSSR count). The lowest BCUT2D eigenvalue weighted by atomic mass is 10.2. The number of nitrogens with one attached hydrogen (secondary N) is 2. The van der Waals surface area contributed by atoms with E-state index in [4.69, 9.17) is 0 Å². The summed E-state index contributed by atoms with van der Waals surface area (Å²) in [6.45, 7) is 9.90. The van der Waals surface area contributed by atoms with Crippen LogP contribution in [0.25, 0.3) is 0 Å². The summed E-state index contributed by atoms with van der Waals surface area (Å²) in [5.74, 6) is -0.421. The first-order valence-electron chi connectivity index (χ1n) is 10.5. The van der Waals surface area contributed by atoms with E-state index < -0.39 is 0 Å². The molecule has 30 heavy (non-hydrogen) atoms. The van der Waals surface area contributed by atoms with Crippen LogP contribution in [0.1, 0.15) is 42.6 Å². The predicted molar refractivity (Wildman–Crippen MR) is 120 cm³/mol. The van der Waals surface area contributed by atoms with Gasteiger partial charge in [-0.25, -0.2) is 0 Å². The number of unbranched alkanes of at least 4 members (excludes halogenated alkanes) is 1. The Hall–Kier alpha value is -2.93. The highest BCUT2D eigenvalue weighted by Crippen LogP contribution is 2.10. The van der Waals surface area contributed by atoms with E-state index in [1.54, 1.807) is 36.5 Å². The Labute approximate surface area is 178 Å². The van der Waals surface area contributed by atoms with Gasteiger partial charge < -0.3 is 20.1 Å². The Morgan fingerprint density at radius 1 is 1.00 bits per heavy atom. The van der Waals surface area contributed by atoms with Gasteiger partial charge in [-0.1, -0.05) is 19.9 Å². The van der Waals surface area contributed by atoms with Crippen LogP contribution in [0.5, 0.6) is 0 Å². The van der Waals surface area contributed by atoms with Crippen LogP contribution in [-0.2, 0) is 11.3 Å². The van der Waals surface area contributed by atoms with Gasteiger partial charge in [-0.3, -0.25) is 14.4 Å². The molecule has 0 fully saturated rings. The molecule has 0 unspecified atom stereocenters. The summed E-state index contributed by atoms with van der Waals surface area (Å²) in [7, 11) is 0. The van der Waals surface area contributed by atoms with Crippen molar-refractivity contribution >= 4 is 17.5 Å². The first-order chi connectivity index (χ1) is 14.4. The second kappa shape index (κ2) is 11.9. The Balaban J connectivity index is 1.78. The maximum atomic E-state index is 12.3. The summed E-state index contributed by atoms with van der Waals surface area (Å²) in [5, 5.41) is 5.68. The molecule has 0 aliphatic carbocycles. The number of carbonyl (C=O) groups is 2. The largest absolute Gasteiger partial charge is 0.352 e. The molecule has 0 bridgehead atoms. The zero-order valence-corrected chi connectivity index (χ0v) is 18.1. The summed E-state index contributed by atoms with van der Waals surface area (Å²) >= 11 is 0. The van der Waals surface area contributed by atoms with Gasteiger partial charge >= 0.3 is 0 Å². The zero-order valence-electron chi connectivity index (χ0n) is 18.1. The maximum Gasteiger partial charge on any atom is 0.251 e. The van der Waals surface area contributed by atoms with E-state index >= 15 is 0 Å². The van der Waals surface area contributed by atoms with Crippen LogP contribution in [0.2, 0.25) is 0 Å². The molecule has 0 atom stereocenters. The molecule has 1 heterocycles. The molecule has 7 heteroatoms. The number of aromatic nitrogens is 1. The molecule has 162 valence electrons. The number of rotatable bonds is 11. The lowest BCUT2D eigenvalue weighted by Crippen LogP contribution is -2.27. The number of anilines is 1. The van der Waals surface area contributed by atoms with Crippen LogP contribution in [-0.4, -0.2) is 47.5 Å². The number of hydrogen-bond donors (Lipinski definition) is 2. The van der Waals surface area contributed by atoms with E-state index in [1.807, 2.05) is 6.92 Å². The Morgan fingerprint density at radius 3 is 2.37 bits per heavy atom. The van der Waals surface area contributed by atoms with Gasteiger partial charge in [0, 0.05) is 30.1 Å². The second-order valence-electron chi connectivity index (χ2n) is 7.29. The van der Waals surface area contributed by atoms with E-state index in [0.29, 0.717) is 17.8 Å². The van der Waals surface area contributed by atoms with Gasteiger partial charge in [0.2, 0.25) is 5.91 Å². The standard InChI is InChI=1S/C23H32N4O3/c1-4-26(5-2)15-7-6-14-24-23(30)19-9-11-20(12-10-19)25-21(28)17-27-16-18(3)8-13-22(27)29/h8-13,16H,4-7,14-15,17H2,1-3H3,(H,24,30)(H,25,28). The van der Waals surface area contributed by atoms with Gasteiger partial charge in [0.25, 0.3) is 11.5 Å². The van der Waals surface area contributed by atoms with Crippen LogP contribution in [0, 0.1) is 6.92 Å². The summed E-state index contributed by atoms with van der Waals surface area (Å²) < 4.78 is 1.37. The van der Waals surface area contributed by atoms with Gasteiger partial charge in [-0.05, 0) is 69.2 Å². The summed E-state index contributed by atoms with van der Waals surface area (Å²) in [6, 6.07) is 9.89. The van der Waals surface area contributed by atoms with Crippen LogP contribution < -0.4 is 16.2 Å². The fourth-order valence-corrected chi connectivity index (χ4v) is 3.14. The molecule has 0 saturated carbocycles. The molecule has 1 aromatic heterocycles. The minimum absolute atomic E-state index is 0.0593. The molecule has 0 radical (unpaired) electrons. The third kappa shape index (κ3) is 7.48. The van der Waals surface area contributed by atoms with Crippen LogP contribution >= 0.6 is 0 Å². The van der Waals surface area contributed by atoms with Crippen molar-refractivity contribution in [3.05, 3.63) is 64.1 Å². The van der Waals surface area contributed by atoms with E-state index in [0.717, 1.165) is 38.0 Å². The van der Waals surface area contributed by atoms with E-state index in [-0.39, 0.29) is 23.9 Å². The molecule has 0 spiro atoms. The van der Waals surface area contributed by atoms with Crippen molar-refractivity contribution in [2.75, 3.05) is 31.5 Å². The molecular formula is C23H32N4O3. The van der Waals surface area contributed by atoms with E-state index in [2.05, 4.69) is 29.4 Å². The van der Waals surface area contributed by atoms with Gasteiger partial charge in [-0.15, -0.1) is 0 Å². The molecular weight excluding hydrogens is 380 g/mol. The van der Waals surface area contributed by atoms with Gasteiger partial charge in [-0.2, -0.15) is 0 Å². The highest BCUT2D eigenvalue weighted by atomic mass is 16.2. The lowest BCUT2D eigenvalue weighted by Gasteiger charge is -2.17. The van der Waals surface area contributed by atoms with Crippen molar-refractivity contribution in [3.8, 4) is 0 Å². The van der Waals surface area contributed by atoms with Gasteiger partial charge in [0.15, 0.2) is 0 Å². The Bertz CT molecular complexity index is 886. The lowest BCUT2D eigenvalue weighted by molar-refractivity contribution is -0.116. The van der Waals surface area contributed by atoms with Crippen LogP contribution in [0.3, 0.4) is 0 Å². The highest BCUT2D eigenvalue weighted by molar-refractivity contribution is 5.95. The number of amides is 2. The third-order valence-electron chi connectivity index (χ3n) is 4.96. The second-order valence-corrected chi connectivity index (χ2v) is 7.29. The van der Waals surface area contributed by atoms with Crippen molar-refractivity contribution in [1.82, 2.24) is 14.8 Å². The number of carbonyl (C=O) groups excluding carboxylic acids is 2. The predicted octanol–water partition coefficient (Wildman–Crippen LogP) is 2.65. The van der Waals surface area contributed by atoms with Crippen LogP contribution in [0.4, 0.5) is 5.69 Å². The molecule has 7 nitrogen and oxygen atoms in total. The molecule has 2 aromatic rings. The Morgan fingerprint density at radius 2 is 1.70 bits per heavy atom. The van der Waals surface area contributed by atoms with Crippen molar-refractivity contribution < 1.29 is 9.59 Å². The minimum atomic E-state index is -0.298. The number of pyridine rings is 1. The quantitative estimate of drug-likeness (QED) is 0.556. The molecule has 0 aliphatic heterocycles. The number of aryl methyl sites for hydroxylation is 1. The smallest absolute Gasteiger partial charge is 0.251 e. The zero-order chi connectivity index (χ0) is 21.9. The molecule has 1 aromatic carbocycles. The molecule has 2 amide bonds. The molecule has 2 N–H and O–H groups in total. The van der Waals surface area contributed by atoms with Gasteiger partial charge in [0.1, 0.15) is 6.54 Å². The van der Waals surface area contributed by atoms with Crippen molar-refractivity contribution in [3.63, 3.8) is 0 Å². The highest BCUT2D eigenvalue weighted by Gasteiger charge is 2.08. The third-order valence-corrected chi connectivity index (χ3v) is 4.96. The Kier molecular flexibility index (Phi) is 9.28. The average molecular weight is 413 g/mol. The first kappa shape index (κ1) is 23.3. The summed E-state index contributed by atoms with van der Waals surface area (Å²) in [5.41, 5.74) is 1.81. The van der Waals surface area contributed by atoms with E-state index in [9.17, 15) is 14.4 Å². The molecule has 0 saturated heterocycles. The summed E-state index contributed by atoms with van der Waals surface area (Å²) in [6.07, 6.45) is 3.64. The fourth-order valence-electron chi connectivity index (χ4n) is 3.14. The average Bonchev–Trinajstić information content (AvgIpc) is 2.73. The SMILES string of the molecule is CCN(CC)CCCCNC(=O)c1ccc(NC(=O)Cn2cc(C)ccc2=O)cc1. The van der Waals surface area contributed by atoms with Crippen molar-refractivity contribution in [2.45, 2.75) is 40.2 Å². The fraction of sp³-hybridized carbons (Fsp3) is 0.435. The van der Waals surface area contributed by atoms with E-state index in [1.165, 1.54) is 10.6 Å². The number of nitrogens with zero attached hydrogens (tertiary/aromatic N) is 2. The first-order valence-corrected chi connectivity index (χ1v) is 10.5. The van der Waals surface area contributed by atoms with Crippen LogP contribution in [0.15, 0.2) is 47.4 Å². The maximum absolute atomic E-state index is 12.3. The normalized spacial score (nSPS) is 10.8. The topological polar surface area (TPSA) is 83.4 Å². The minimum Gasteiger partial charge on any atom is -0.352 e. The number of hydrogen-bond acceptors (Lipinski definition) is 4. The van der Waals surface area contributed by atoms with Crippen molar-refractivity contribution in [1.29, 1.82) is 0 Å². The van der Waals surface area contributed by atoms with Crippen molar-refractivity contribution in [2.24, 2.45) is 0 Å². The van der Waals surface area contributed by atoms with Gasteiger partial charge in [0.05, 0.1) is 0 Å². The monoisotopic (exact) mass is 412 g/mol. The number of benzene rings is 1.